The van der Waals surface area contributed by atoms with E-state index in [1.165, 1.54) is 137 Å². The van der Waals surface area contributed by atoms with Crippen molar-refractivity contribution >= 4 is 33.0 Å². The fourth-order valence-electron chi connectivity index (χ4n) is 6.07. The summed E-state index contributed by atoms with van der Waals surface area (Å²) in [6.07, 6.45) is 27.8. The van der Waals surface area contributed by atoms with Crippen molar-refractivity contribution in [3.8, 4) is 0 Å². The number of thiophene rings is 1. The molecule has 1 aromatic carbocycles. The number of rotatable bonds is 24. The van der Waals surface area contributed by atoms with Gasteiger partial charge in [-0.05, 0) is 47.4 Å². The highest BCUT2D eigenvalue weighted by atomic mass is 32.1. The molecular formula is C36H60N2O2S. The maximum Gasteiger partial charge on any atom is 0.220 e. The third kappa shape index (κ3) is 14.4. The molecule has 1 amide bonds. The summed E-state index contributed by atoms with van der Waals surface area (Å²) < 4.78 is 6.83. The first-order valence-electron chi connectivity index (χ1n) is 17.4. The zero-order chi connectivity index (χ0) is 28.8. The van der Waals surface area contributed by atoms with Gasteiger partial charge in [-0.3, -0.25) is 4.79 Å². The molecule has 1 aliphatic rings. The Morgan fingerprint density at radius 2 is 1.32 bits per heavy atom. The van der Waals surface area contributed by atoms with Crippen molar-refractivity contribution in [1.82, 2.24) is 5.32 Å². The van der Waals surface area contributed by atoms with Gasteiger partial charge in [0.25, 0.3) is 0 Å². The number of ether oxygens (including phenoxy) is 1. The first-order chi connectivity index (χ1) is 20.3. The molecule has 4 nitrogen and oxygen atoms in total. The molecule has 1 N–H and O–H groups in total. The van der Waals surface area contributed by atoms with E-state index >= 15 is 0 Å². The summed E-state index contributed by atoms with van der Waals surface area (Å²) in [6, 6.07) is 6.80. The summed E-state index contributed by atoms with van der Waals surface area (Å²) in [5, 5.41) is 6.76. The second-order valence-corrected chi connectivity index (χ2v) is 13.2. The fraction of sp³-hybridized carbons (Fsp3) is 0.750. The van der Waals surface area contributed by atoms with Gasteiger partial charge in [0.2, 0.25) is 5.91 Å². The molecule has 41 heavy (non-hydrogen) atoms. The number of carbonyl (C=O) groups is 1. The van der Waals surface area contributed by atoms with E-state index in [1.54, 1.807) is 11.3 Å². The first-order valence-corrected chi connectivity index (χ1v) is 18.3. The lowest BCUT2D eigenvalue weighted by Gasteiger charge is -2.29. The van der Waals surface area contributed by atoms with Gasteiger partial charge in [-0.1, -0.05) is 122 Å². The van der Waals surface area contributed by atoms with E-state index < -0.39 is 0 Å². The van der Waals surface area contributed by atoms with E-state index in [1.807, 2.05) is 0 Å². The molecule has 1 fully saturated rings. The molecule has 0 radical (unpaired) electrons. The van der Waals surface area contributed by atoms with E-state index in [0.29, 0.717) is 6.42 Å². The number of morpholine rings is 1. The van der Waals surface area contributed by atoms with Crippen LogP contribution in [0.15, 0.2) is 23.6 Å². The highest BCUT2D eigenvalue weighted by Crippen LogP contribution is 2.30. The summed E-state index contributed by atoms with van der Waals surface area (Å²) in [5.41, 5.74) is 2.64. The quantitative estimate of drug-likeness (QED) is 0.125. The highest BCUT2D eigenvalue weighted by molar-refractivity contribution is 7.17. The summed E-state index contributed by atoms with van der Waals surface area (Å²) in [6.45, 7) is 6.55. The number of hydrogen-bond acceptors (Lipinski definition) is 4. The molecule has 3 rings (SSSR count). The van der Waals surface area contributed by atoms with E-state index in [2.05, 4.69) is 40.7 Å². The van der Waals surface area contributed by atoms with Crippen LogP contribution in [0.5, 0.6) is 0 Å². The van der Waals surface area contributed by atoms with Crippen molar-refractivity contribution in [1.29, 1.82) is 0 Å². The maximum atomic E-state index is 12.4. The largest absolute Gasteiger partial charge is 0.378 e. The van der Waals surface area contributed by atoms with E-state index in [0.717, 1.165) is 45.7 Å². The Labute approximate surface area is 256 Å². The second-order valence-electron chi connectivity index (χ2n) is 12.3. The molecule has 232 valence electrons. The molecule has 1 saturated heterocycles. The van der Waals surface area contributed by atoms with Crippen LogP contribution in [-0.2, 0) is 16.0 Å². The smallest absolute Gasteiger partial charge is 0.220 e. The molecule has 0 spiro atoms. The van der Waals surface area contributed by atoms with E-state index in [-0.39, 0.29) is 5.91 Å². The Morgan fingerprint density at radius 3 is 1.88 bits per heavy atom. The summed E-state index contributed by atoms with van der Waals surface area (Å²) >= 11 is 1.81. The normalized spacial score (nSPS) is 13.7. The number of carbonyl (C=O) groups excluding carboxylic acids is 1. The van der Waals surface area contributed by atoms with Crippen LogP contribution in [0.1, 0.15) is 141 Å². The van der Waals surface area contributed by atoms with Crippen molar-refractivity contribution in [3.05, 3.63) is 29.1 Å². The predicted molar refractivity (Wildman–Crippen MR) is 180 cm³/mol. The average Bonchev–Trinajstić information content (AvgIpc) is 3.41. The Balaban J connectivity index is 1.10. The lowest BCUT2D eigenvalue weighted by atomic mass is 10.0. The van der Waals surface area contributed by atoms with Crippen molar-refractivity contribution in [3.63, 3.8) is 0 Å². The van der Waals surface area contributed by atoms with Crippen LogP contribution in [-0.4, -0.2) is 38.8 Å². The molecule has 1 aromatic heterocycles. The van der Waals surface area contributed by atoms with Gasteiger partial charge in [-0.15, -0.1) is 11.3 Å². The van der Waals surface area contributed by atoms with Crippen LogP contribution in [0.2, 0.25) is 0 Å². The standard InChI is InChI=1S/C36H60N2O2S/c1-2-3-4-5-6-7-8-9-10-11-12-13-14-15-16-17-18-19-20-21-36(39)37-25-24-32-31-41-35-23-22-33(30-34(32)35)38-26-28-40-29-27-38/h22-23,30-31H,2-21,24-29H2,1H3,(H,37,39). The zero-order valence-electron chi connectivity index (χ0n) is 26.4. The molecule has 1 aliphatic heterocycles. The highest BCUT2D eigenvalue weighted by Gasteiger charge is 2.13. The predicted octanol–water partition coefficient (Wildman–Crippen LogP) is 10.2. The Hall–Kier alpha value is -1.59. The SMILES string of the molecule is CCCCCCCCCCCCCCCCCCCCCC(=O)NCCc1csc2ccc(N3CCOCC3)cc12. The average molecular weight is 585 g/mol. The van der Waals surface area contributed by atoms with Gasteiger partial charge in [0.05, 0.1) is 13.2 Å². The van der Waals surface area contributed by atoms with Crippen LogP contribution in [0, 0.1) is 0 Å². The topological polar surface area (TPSA) is 41.6 Å². The van der Waals surface area contributed by atoms with Crippen LogP contribution in [0.4, 0.5) is 5.69 Å². The minimum absolute atomic E-state index is 0.213. The first kappa shape index (κ1) is 33.9. The minimum Gasteiger partial charge on any atom is -0.378 e. The molecule has 2 heterocycles. The molecular weight excluding hydrogens is 524 g/mol. The number of nitrogens with one attached hydrogen (secondary N) is 1. The number of anilines is 1. The number of hydrogen-bond donors (Lipinski definition) is 1. The Bertz CT molecular complexity index is 937. The molecule has 0 atom stereocenters. The fourth-order valence-corrected chi connectivity index (χ4v) is 7.05. The Morgan fingerprint density at radius 1 is 0.780 bits per heavy atom. The number of nitrogens with zero attached hydrogens (tertiary/aromatic N) is 1. The van der Waals surface area contributed by atoms with E-state index in [9.17, 15) is 4.79 Å². The molecule has 0 aliphatic carbocycles. The van der Waals surface area contributed by atoms with Gasteiger partial charge in [-0.2, -0.15) is 0 Å². The summed E-state index contributed by atoms with van der Waals surface area (Å²) in [7, 11) is 0. The third-order valence-electron chi connectivity index (χ3n) is 8.74. The number of fused-ring (bicyclic) bond motifs is 1. The van der Waals surface area contributed by atoms with Gasteiger partial charge < -0.3 is 15.0 Å². The second kappa shape index (κ2) is 22.0. The van der Waals surface area contributed by atoms with Crippen molar-refractivity contribution in [2.75, 3.05) is 37.7 Å². The van der Waals surface area contributed by atoms with Crippen LogP contribution in [0.25, 0.3) is 10.1 Å². The monoisotopic (exact) mass is 584 g/mol. The lowest BCUT2D eigenvalue weighted by Crippen LogP contribution is -2.36. The van der Waals surface area contributed by atoms with Crippen molar-refractivity contribution < 1.29 is 9.53 Å². The van der Waals surface area contributed by atoms with E-state index in [4.69, 9.17) is 4.74 Å². The molecule has 0 saturated carbocycles. The van der Waals surface area contributed by atoms with Crippen molar-refractivity contribution in [2.45, 2.75) is 142 Å². The Kier molecular flexibility index (Phi) is 18.2. The van der Waals surface area contributed by atoms with Crippen LogP contribution in [0.3, 0.4) is 0 Å². The third-order valence-corrected chi connectivity index (χ3v) is 9.75. The maximum absolute atomic E-state index is 12.4. The molecule has 0 bridgehead atoms. The van der Waals surface area contributed by atoms with Crippen LogP contribution < -0.4 is 10.2 Å². The summed E-state index contributed by atoms with van der Waals surface area (Å²) in [5.74, 6) is 0.213. The number of unbranched alkanes of at least 4 members (excludes halogenated alkanes) is 18. The number of benzene rings is 1. The minimum atomic E-state index is 0.213. The number of amides is 1. The van der Waals surface area contributed by atoms with Gasteiger partial charge in [0.15, 0.2) is 0 Å². The zero-order valence-corrected chi connectivity index (χ0v) is 27.2. The van der Waals surface area contributed by atoms with Gasteiger partial charge >= 0.3 is 0 Å². The van der Waals surface area contributed by atoms with Gasteiger partial charge in [0, 0.05) is 36.4 Å². The molecule has 2 aromatic rings. The van der Waals surface area contributed by atoms with Gasteiger partial charge in [-0.25, -0.2) is 0 Å². The summed E-state index contributed by atoms with van der Waals surface area (Å²) in [4.78, 5) is 14.8. The lowest BCUT2D eigenvalue weighted by molar-refractivity contribution is -0.121. The van der Waals surface area contributed by atoms with Crippen molar-refractivity contribution in [2.24, 2.45) is 0 Å². The molecule has 0 unspecified atom stereocenters. The van der Waals surface area contributed by atoms with Gasteiger partial charge in [0.1, 0.15) is 0 Å². The molecule has 5 heteroatoms. The van der Waals surface area contributed by atoms with Crippen LogP contribution >= 0.6 is 11.3 Å².